The summed E-state index contributed by atoms with van der Waals surface area (Å²) in [6.45, 7) is 2.05. The lowest BCUT2D eigenvalue weighted by atomic mass is 10.2. The molecule has 1 aromatic rings. The number of nitrogens with zero attached hydrogens (tertiary/aromatic N) is 2. The highest BCUT2D eigenvalue weighted by Crippen LogP contribution is 2.15. The molecule has 0 radical (unpaired) electrons. The first kappa shape index (κ1) is 14.5. The summed E-state index contributed by atoms with van der Waals surface area (Å²) in [7, 11) is -2.06. The Morgan fingerprint density at radius 3 is 2.44 bits per heavy atom. The van der Waals surface area contributed by atoms with Crippen molar-refractivity contribution in [2.45, 2.75) is 18.2 Å². The van der Waals surface area contributed by atoms with Gasteiger partial charge in [-0.25, -0.2) is 12.7 Å². The second-order valence-corrected chi connectivity index (χ2v) is 6.03. The molecule has 0 spiro atoms. The van der Waals surface area contributed by atoms with Crippen LogP contribution >= 0.6 is 0 Å². The number of hydrogen-bond acceptors (Lipinski definition) is 4. The van der Waals surface area contributed by atoms with Crippen molar-refractivity contribution in [2.24, 2.45) is 10.9 Å². The third-order valence-corrected chi connectivity index (χ3v) is 4.41. The van der Waals surface area contributed by atoms with Crippen molar-refractivity contribution in [1.82, 2.24) is 4.31 Å². The molecule has 0 heterocycles. The van der Waals surface area contributed by atoms with Gasteiger partial charge in [0, 0.05) is 20.0 Å². The van der Waals surface area contributed by atoms with Crippen LogP contribution in [-0.2, 0) is 10.0 Å². The van der Waals surface area contributed by atoms with Gasteiger partial charge in [-0.2, -0.15) is 0 Å². The summed E-state index contributed by atoms with van der Waals surface area (Å²) in [5.41, 5.74) is 6.30. The van der Waals surface area contributed by atoms with E-state index in [0.717, 1.165) is 5.56 Å². The maximum absolute atomic E-state index is 12.1. The van der Waals surface area contributed by atoms with E-state index in [0.29, 0.717) is 0 Å². The van der Waals surface area contributed by atoms with Gasteiger partial charge < -0.3 is 10.9 Å². The number of aryl methyl sites for hydroxylation is 1. The Morgan fingerprint density at radius 2 is 1.94 bits per heavy atom. The molecule has 0 aliphatic rings. The predicted octanol–water partition coefficient (Wildman–Crippen LogP) is 0.752. The Balaban J connectivity index is 2.83. The highest BCUT2D eigenvalue weighted by atomic mass is 32.2. The lowest BCUT2D eigenvalue weighted by Gasteiger charge is -2.16. The van der Waals surface area contributed by atoms with Crippen LogP contribution in [0.2, 0.25) is 0 Å². The molecule has 6 nitrogen and oxygen atoms in total. The SMILES string of the molecule is Cc1ccc(S(=O)(=O)N(C)CC/C(N)=N/O)cc1. The predicted molar refractivity (Wildman–Crippen MR) is 69.0 cm³/mol. The van der Waals surface area contributed by atoms with Crippen molar-refractivity contribution < 1.29 is 13.6 Å². The molecular weight excluding hydrogens is 254 g/mol. The van der Waals surface area contributed by atoms with Crippen LogP contribution in [0.4, 0.5) is 0 Å². The fourth-order valence-electron chi connectivity index (χ4n) is 1.33. The van der Waals surface area contributed by atoms with E-state index in [1.54, 1.807) is 24.3 Å². The van der Waals surface area contributed by atoms with E-state index >= 15 is 0 Å². The summed E-state index contributed by atoms with van der Waals surface area (Å²) in [6, 6.07) is 6.60. The number of rotatable bonds is 5. The molecular formula is C11H17N3O3S. The minimum atomic E-state index is -3.52. The molecule has 7 heteroatoms. The Bertz CT molecular complexity index is 523. The number of benzene rings is 1. The Kier molecular flexibility index (Phi) is 4.69. The molecule has 0 amide bonds. The Morgan fingerprint density at radius 1 is 1.39 bits per heavy atom. The zero-order valence-corrected chi connectivity index (χ0v) is 11.2. The number of amidine groups is 1. The van der Waals surface area contributed by atoms with Gasteiger partial charge in [0.15, 0.2) is 0 Å². The van der Waals surface area contributed by atoms with Gasteiger partial charge in [-0.3, -0.25) is 0 Å². The van der Waals surface area contributed by atoms with Crippen molar-refractivity contribution in [2.75, 3.05) is 13.6 Å². The Hall–Kier alpha value is -1.60. The van der Waals surface area contributed by atoms with Crippen LogP contribution in [0.5, 0.6) is 0 Å². The van der Waals surface area contributed by atoms with Crippen LogP contribution in [-0.4, -0.2) is 37.4 Å². The van der Waals surface area contributed by atoms with Crippen LogP contribution in [0.3, 0.4) is 0 Å². The summed E-state index contributed by atoms with van der Waals surface area (Å²) in [6.07, 6.45) is 0.179. The van der Waals surface area contributed by atoms with Crippen molar-refractivity contribution in [3.8, 4) is 0 Å². The lowest BCUT2D eigenvalue weighted by Crippen LogP contribution is -2.30. The van der Waals surface area contributed by atoms with Crippen LogP contribution in [0, 0.1) is 6.92 Å². The average Bonchev–Trinajstić information content (AvgIpc) is 2.35. The van der Waals surface area contributed by atoms with Gasteiger partial charge in [-0.1, -0.05) is 22.9 Å². The van der Waals surface area contributed by atoms with E-state index in [9.17, 15) is 8.42 Å². The normalized spacial score (nSPS) is 12.9. The van der Waals surface area contributed by atoms with Gasteiger partial charge >= 0.3 is 0 Å². The maximum atomic E-state index is 12.1. The van der Waals surface area contributed by atoms with Gasteiger partial charge in [0.2, 0.25) is 10.0 Å². The molecule has 1 aromatic carbocycles. The quantitative estimate of drug-likeness (QED) is 0.357. The molecule has 0 saturated carbocycles. The van der Waals surface area contributed by atoms with Crippen molar-refractivity contribution >= 4 is 15.9 Å². The van der Waals surface area contributed by atoms with E-state index in [1.807, 2.05) is 6.92 Å². The molecule has 0 unspecified atom stereocenters. The van der Waals surface area contributed by atoms with Crippen LogP contribution in [0.15, 0.2) is 34.3 Å². The van der Waals surface area contributed by atoms with Crippen LogP contribution in [0.25, 0.3) is 0 Å². The summed E-state index contributed by atoms with van der Waals surface area (Å²) in [5.74, 6) is 0.000885. The van der Waals surface area contributed by atoms with Gasteiger partial charge in [0.05, 0.1) is 4.90 Å². The number of nitrogens with two attached hydrogens (primary N) is 1. The summed E-state index contributed by atoms with van der Waals surface area (Å²) >= 11 is 0. The van der Waals surface area contributed by atoms with E-state index in [2.05, 4.69) is 5.16 Å². The monoisotopic (exact) mass is 271 g/mol. The van der Waals surface area contributed by atoms with Crippen molar-refractivity contribution in [3.05, 3.63) is 29.8 Å². The third kappa shape index (κ3) is 3.44. The zero-order chi connectivity index (χ0) is 13.8. The van der Waals surface area contributed by atoms with E-state index in [1.165, 1.54) is 11.4 Å². The molecule has 0 saturated heterocycles. The number of sulfonamides is 1. The van der Waals surface area contributed by atoms with Crippen molar-refractivity contribution in [3.63, 3.8) is 0 Å². The second-order valence-electron chi connectivity index (χ2n) is 3.98. The first-order valence-electron chi connectivity index (χ1n) is 5.37. The van der Waals surface area contributed by atoms with E-state index in [-0.39, 0.29) is 23.7 Å². The number of oxime groups is 1. The van der Waals surface area contributed by atoms with Gasteiger partial charge in [0.1, 0.15) is 5.84 Å². The summed E-state index contributed by atoms with van der Waals surface area (Å²) in [5, 5.41) is 11.2. The fourth-order valence-corrected chi connectivity index (χ4v) is 2.50. The highest BCUT2D eigenvalue weighted by Gasteiger charge is 2.20. The molecule has 0 aliphatic heterocycles. The highest BCUT2D eigenvalue weighted by molar-refractivity contribution is 7.89. The molecule has 0 bridgehead atoms. The first-order valence-corrected chi connectivity index (χ1v) is 6.81. The topological polar surface area (TPSA) is 96.0 Å². The van der Waals surface area contributed by atoms with E-state index in [4.69, 9.17) is 10.9 Å². The maximum Gasteiger partial charge on any atom is 0.242 e. The number of hydrogen-bond donors (Lipinski definition) is 2. The summed E-state index contributed by atoms with van der Waals surface area (Å²) in [4.78, 5) is 0.232. The molecule has 0 atom stereocenters. The van der Waals surface area contributed by atoms with Gasteiger partial charge in [0.25, 0.3) is 0 Å². The third-order valence-electron chi connectivity index (χ3n) is 2.54. The minimum absolute atomic E-state index is 0.000885. The van der Waals surface area contributed by atoms with Crippen LogP contribution < -0.4 is 5.73 Å². The largest absolute Gasteiger partial charge is 0.409 e. The molecule has 0 fully saturated rings. The summed E-state index contributed by atoms with van der Waals surface area (Å²) < 4.78 is 25.4. The molecule has 0 aromatic heterocycles. The first-order chi connectivity index (χ1) is 8.37. The van der Waals surface area contributed by atoms with E-state index < -0.39 is 10.0 Å². The minimum Gasteiger partial charge on any atom is -0.409 e. The zero-order valence-electron chi connectivity index (χ0n) is 10.4. The smallest absolute Gasteiger partial charge is 0.242 e. The van der Waals surface area contributed by atoms with Gasteiger partial charge in [-0.15, -0.1) is 0 Å². The molecule has 3 N–H and O–H groups in total. The molecule has 1 rings (SSSR count). The van der Waals surface area contributed by atoms with Crippen LogP contribution in [0.1, 0.15) is 12.0 Å². The Labute approximate surface area is 107 Å². The molecule has 100 valence electrons. The lowest BCUT2D eigenvalue weighted by molar-refractivity contribution is 0.316. The standard InChI is InChI=1S/C11H17N3O3S/c1-9-3-5-10(6-4-9)18(16,17)14(2)8-7-11(12)13-15/h3-6,15H,7-8H2,1-2H3,(H2,12,13). The van der Waals surface area contributed by atoms with Crippen molar-refractivity contribution in [1.29, 1.82) is 0 Å². The molecule has 0 aliphatic carbocycles. The fraction of sp³-hybridized carbons (Fsp3) is 0.364. The average molecular weight is 271 g/mol. The van der Waals surface area contributed by atoms with Gasteiger partial charge in [-0.05, 0) is 19.1 Å². The molecule has 18 heavy (non-hydrogen) atoms. The second kappa shape index (κ2) is 5.83.